The van der Waals surface area contributed by atoms with Crippen LogP contribution in [0.25, 0.3) is 0 Å². The fourth-order valence-electron chi connectivity index (χ4n) is 1.42. The van der Waals surface area contributed by atoms with E-state index in [4.69, 9.17) is 5.11 Å². The van der Waals surface area contributed by atoms with E-state index in [9.17, 15) is 9.59 Å². The average molecular weight is 225 g/mol. The minimum atomic E-state index is -1.24. The van der Waals surface area contributed by atoms with Crippen LogP contribution in [0.3, 0.4) is 0 Å². The molecule has 1 rings (SSSR count). The van der Waals surface area contributed by atoms with Gasteiger partial charge < -0.3 is 10.4 Å². The molecule has 88 valence electrons. The normalized spacial score (nSPS) is 14.1. The number of H-pyrrole nitrogens is 1. The van der Waals surface area contributed by atoms with E-state index in [1.165, 1.54) is 19.2 Å². The highest BCUT2D eigenvalue weighted by molar-refractivity contribution is 5.96. The minimum Gasteiger partial charge on any atom is -0.480 e. The lowest BCUT2D eigenvalue weighted by Crippen LogP contribution is -2.52. The highest BCUT2D eigenvalue weighted by Crippen LogP contribution is 2.13. The van der Waals surface area contributed by atoms with Crippen LogP contribution in [0.15, 0.2) is 12.3 Å². The predicted octanol–water partition coefficient (Wildman–Crippen LogP) is 0.783. The van der Waals surface area contributed by atoms with Crippen molar-refractivity contribution in [2.45, 2.75) is 32.2 Å². The molecule has 1 heterocycles. The van der Waals surface area contributed by atoms with Crippen molar-refractivity contribution in [1.82, 2.24) is 15.5 Å². The van der Waals surface area contributed by atoms with Crippen molar-refractivity contribution in [2.75, 3.05) is 0 Å². The Labute approximate surface area is 93.1 Å². The lowest BCUT2D eigenvalue weighted by Gasteiger charge is -2.25. The van der Waals surface area contributed by atoms with Gasteiger partial charge in [-0.1, -0.05) is 13.3 Å². The van der Waals surface area contributed by atoms with Gasteiger partial charge in [0.05, 0.1) is 0 Å². The molecule has 0 fully saturated rings. The second-order valence-electron chi connectivity index (χ2n) is 3.81. The maximum atomic E-state index is 11.7. The zero-order valence-corrected chi connectivity index (χ0v) is 9.28. The fourth-order valence-corrected chi connectivity index (χ4v) is 1.42. The Morgan fingerprint density at radius 1 is 1.62 bits per heavy atom. The molecule has 1 amide bonds. The van der Waals surface area contributed by atoms with E-state index in [-0.39, 0.29) is 5.69 Å². The molecule has 0 radical (unpaired) electrons. The number of aromatic nitrogens is 2. The zero-order chi connectivity index (χ0) is 12.2. The van der Waals surface area contributed by atoms with Crippen molar-refractivity contribution in [3.05, 3.63) is 18.0 Å². The predicted molar refractivity (Wildman–Crippen MR) is 57.0 cm³/mol. The number of rotatable bonds is 5. The van der Waals surface area contributed by atoms with Crippen molar-refractivity contribution in [3.8, 4) is 0 Å². The molecule has 1 aromatic rings. The summed E-state index contributed by atoms with van der Waals surface area (Å²) in [5.74, 6) is -1.50. The van der Waals surface area contributed by atoms with Crippen LogP contribution in [0.2, 0.25) is 0 Å². The minimum absolute atomic E-state index is 0.253. The summed E-state index contributed by atoms with van der Waals surface area (Å²) >= 11 is 0. The number of carboxylic acids is 1. The molecule has 0 spiro atoms. The van der Waals surface area contributed by atoms with Gasteiger partial charge in [0.2, 0.25) is 0 Å². The number of carbonyl (C=O) groups excluding carboxylic acids is 1. The largest absolute Gasteiger partial charge is 0.480 e. The third-order valence-corrected chi connectivity index (χ3v) is 2.36. The van der Waals surface area contributed by atoms with Crippen LogP contribution in [0, 0.1) is 0 Å². The lowest BCUT2D eigenvalue weighted by molar-refractivity contribution is -0.144. The van der Waals surface area contributed by atoms with Crippen LogP contribution < -0.4 is 5.32 Å². The van der Waals surface area contributed by atoms with Crippen LogP contribution in [-0.4, -0.2) is 32.7 Å². The van der Waals surface area contributed by atoms with Gasteiger partial charge in [-0.25, -0.2) is 4.79 Å². The number of amides is 1. The first-order chi connectivity index (χ1) is 7.49. The molecule has 0 aliphatic rings. The van der Waals surface area contributed by atoms with E-state index in [1.807, 2.05) is 6.92 Å². The number of carbonyl (C=O) groups is 2. The molecule has 16 heavy (non-hydrogen) atoms. The van der Waals surface area contributed by atoms with Crippen molar-refractivity contribution < 1.29 is 14.7 Å². The summed E-state index contributed by atoms with van der Waals surface area (Å²) < 4.78 is 0. The zero-order valence-electron chi connectivity index (χ0n) is 9.28. The Hall–Kier alpha value is -1.85. The van der Waals surface area contributed by atoms with Crippen molar-refractivity contribution in [3.63, 3.8) is 0 Å². The van der Waals surface area contributed by atoms with Crippen molar-refractivity contribution >= 4 is 11.9 Å². The number of nitrogens with one attached hydrogen (secondary N) is 2. The van der Waals surface area contributed by atoms with Crippen LogP contribution in [0.4, 0.5) is 0 Å². The molecule has 0 saturated heterocycles. The molecule has 6 heteroatoms. The summed E-state index contributed by atoms with van der Waals surface area (Å²) in [5.41, 5.74) is -0.986. The van der Waals surface area contributed by atoms with Gasteiger partial charge in [0.25, 0.3) is 5.91 Å². The van der Waals surface area contributed by atoms with Crippen molar-refractivity contribution in [2.24, 2.45) is 0 Å². The molecule has 0 saturated carbocycles. The third-order valence-electron chi connectivity index (χ3n) is 2.36. The smallest absolute Gasteiger partial charge is 0.329 e. The van der Waals surface area contributed by atoms with Crippen LogP contribution in [0.5, 0.6) is 0 Å². The van der Waals surface area contributed by atoms with Gasteiger partial charge in [-0.3, -0.25) is 9.89 Å². The fraction of sp³-hybridized carbons (Fsp3) is 0.500. The Morgan fingerprint density at radius 3 is 2.75 bits per heavy atom. The molecule has 0 aromatic carbocycles. The standard InChI is InChI=1S/C10H15N3O3/c1-3-5-10(2,9(15)16)12-8(14)7-4-6-11-13-7/h4,6H,3,5H2,1-2H3,(H,11,13)(H,12,14)(H,15,16). The molecule has 6 nitrogen and oxygen atoms in total. The number of aliphatic carboxylic acids is 1. The number of nitrogens with zero attached hydrogens (tertiary/aromatic N) is 1. The Balaban J connectivity index is 2.77. The quantitative estimate of drug-likeness (QED) is 0.690. The number of hydrogen-bond acceptors (Lipinski definition) is 3. The number of aromatic amines is 1. The van der Waals surface area contributed by atoms with Gasteiger partial charge in [-0.2, -0.15) is 5.10 Å². The molecular formula is C10H15N3O3. The maximum Gasteiger partial charge on any atom is 0.329 e. The highest BCUT2D eigenvalue weighted by Gasteiger charge is 2.34. The molecule has 3 N–H and O–H groups in total. The van der Waals surface area contributed by atoms with E-state index in [0.29, 0.717) is 12.8 Å². The Morgan fingerprint density at radius 2 is 2.31 bits per heavy atom. The van der Waals surface area contributed by atoms with Crippen LogP contribution >= 0.6 is 0 Å². The molecule has 1 atom stereocenters. The second-order valence-corrected chi connectivity index (χ2v) is 3.81. The summed E-state index contributed by atoms with van der Waals surface area (Å²) in [6.07, 6.45) is 2.49. The van der Waals surface area contributed by atoms with E-state index < -0.39 is 17.4 Å². The molecule has 1 unspecified atom stereocenters. The summed E-state index contributed by atoms with van der Waals surface area (Å²) in [6.45, 7) is 3.36. The van der Waals surface area contributed by atoms with Crippen LogP contribution in [-0.2, 0) is 4.79 Å². The van der Waals surface area contributed by atoms with E-state index >= 15 is 0 Å². The van der Waals surface area contributed by atoms with E-state index in [2.05, 4.69) is 15.5 Å². The summed E-state index contributed by atoms with van der Waals surface area (Å²) in [5, 5.41) is 17.7. The lowest BCUT2D eigenvalue weighted by atomic mass is 9.96. The van der Waals surface area contributed by atoms with Crippen LogP contribution in [0.1, 0.15) is 37.2 Å². The van der Waals surface area contributed by atoms with E-state index in [1.54, 1.807) is 0 Å². The third kappa shape index (κ3) is 2.59. The number of hydrogen-bond donors (Lipinski definition) is 3. The summed E-state index contributed by atoms with van der Waals surface area (Å²) in [7, 11) is 0. The maximum absolute atomic E-state index is 11.7. The average Bonchev–Trinajstić information content (AvgIpc) is 2.70. The second kappa shape index (κ2) is 4.78. The van der Waals surface area contributed by atoms with Gasteiger partial charge >= 0.3 is 5.97 Å². The van der Waals surface area contributed by atoms with E-state index in [0.717, 1.165) is 0 Å². The number of carboxylic acid groups (broad SMARTS) is 1. The molecule has 0 aliphatic heterocycles. The molecule has 1 aromatic heterocycles. The highest BCUT2D eigenvalue weighted by atomic mass is 16.4. The first-order valence-corrected chi connectivity index (χ1v) is 5.05. The van der Waals surface area contributed by atoms with Gasteiger partial charge in [0.15, 0.2) is 0 Å². The van der Waals surface area contributed by atoms with Crippen molar-refractivity contribution in [1.29, 1.82) is 0 Å². The van der Waals surface area contributed by atoms with Gasteiger partial charge in [-0.05, 0) is 19.4 Å². The van der Waals surface area contributed by atoms with Gasteiger partial charge in [0.1, 0.15) is 11.2 Å². The molecule has 0 bridgehead atoms. The Bertz CT molecular complexity index is 375. The van der Waals surface area contributed by atoms with Gasteiger partial charge in [0, 0.05) is 6.20 Å². The Kier molecular flexibility index (Phi) is 3.65. The van der Waals surface area contributed by atoms with Gasteiger partial charge in [-0.15, -0.1) is 0 Å². The summed E-state index contributed by atoms with van der Waals surface area (Å²) in [6, 6.07) is 1.49. The monoisotopic (exact) mass is 225 g/mol. The topological polar surface area (TPSA) is 95.1 Å². The molecular weight excluding hydrogens is 210 g/mol. The molecule has 0 aliphatic carbocycles. The summed E-state index contributed by atoms with van der Waals surface area (Å²) in [4.78, 5) is 22.7. The SMILES string of the molecule is CCCC(C)(NC(=O)c1ccn[nH]1)C(=O)O. The first-order valence-electron chi connectivity index (χ1n) is 5.05. The first kappa shape index (κ1) is 12.2.